The molecule has 0 unspecified atom stereocenters. The maximum absolute atomic E-state index is 11.9. The molecule has 5 aromatic rings. The van der Waals surface area contributed by atoms with Crippen LogP contribution in [-0.2, 0) is 75.3 Å². The lowest BCUT2D eigenvalue weighted by Gasteiger charge is -2.18. The Morgan fingerprint density at radius 2 is 1.19 bits per heavy atom. The molecule has 4 aromatic carbocycles. The van der Waals surface area contributed by atoms with Crippen LogP contribution in [0.25, 0.3) is 0 Å². The Hall–Kier alpha value is -7.26. The molecule has 0 atom stereocenters. The normalized spacial score (nSPS) is 10.9. The van der Waals surface area contributed by atoms with Crippen molar-refractivity contribution in [2.24, 2.45) is 20.5 Å². The van der Waals surface area contributed by atoms with Gasteiger partial charge in [-0.15, -0.1) is 35.5 Å². The molecule has 0 saturated heterocycles. The Balaban J connectivity index is 0.00000159. The number of aromatic nitrogens is 3. The van der Waals surface area contributed by atoms with Gasteiger partial charge >= 0.3 is 33.3 Å². The zero-order valence-corrected chi connectivity index (χ0v) is 43.8. The van der Waals surface area contributed by atoms with Crippen molar-refractivity contribution in [1.82, 2.24) is 15.0 Å². The molecular weight excluding hydrogens is 1120 g/mol. The summed E-state index contributed by atoms with van der Waals surface area (Å²) < 4.78 is 133. The number of ether oxygens (including phenoxy) is 3. The van der Waals surface area contributed by atoms with E-state index >= 15 is 0 Å². The molecule has 404 valence electrons. The van der Waals surface area contributed by atoms with Gasteiger partial charge in [-0.05, 0) is 60.9 Å². The summed E-state index contributed by atoms with van der Waals surface area (Å²) in [5.41, 5.74) is 2.54. The van der Waals surface area contributed by atoms with Crippen LogP contribution in [0, 0.1) is 0 Å². The van der Waals surface area contributed by atoms with Crippen molar-refractivity contribution in [3.05, 3.63) is 105 Å². The molecule has 1 heterocycles. The van der Waals surface area contributed by atoms with E-state index in [1.165, 1.54) is 43.3 Å². The van der Waals surface area contributed by atoms with Crippen molar-refractivity contribution >= 4 is 105 Å². The van der Waals surface area contributed by atoms with Gasteiger partial charge < -0.3 is 29.3 Å². The smallest absolute Gasteiger partial charge is 0.425 e. The topological polar surface area (TPSA) is 422 Å². The minimum atomic E-state index is -4.69. The van der Waals surface area contributed by atoms with Crippen molar-refractivity contribution in [2.75, 3.05) is 44.6 Å². The first-order valence-electron chi connectivity index (χ1n) is 20.5. The molecule has 0 radical (unpaired) electrons. The first kappa shape index (κ1) is 63.9. The highest BCUT2D eigenvalue weighted by atomic mass is 35.5. The zero-order valence-electron chi connectivity index (χ0n) is 39.0. The first-order chi connectivity index (χ1) is 35.2. The lowest BCUT2D eigenvalue weighted by molar-refractivity contribution is -0.191. The fraction of sp³-hybridized carbons (Fsp3) is 0.293. The molecule has 0 fully saturated rings. The number of carbonyl (C=O) groups is 1. The third-order valence-electron chi connectivity index (χ3n) is 8.74. The second-order valence-electron chi connectivity index (χ2n) is 14.3. The van der Waals surface area contributed by atoms with Gasteiger partial charge in [-0.3, -0.25) is 13.9 Å². The summed E-state index contributed by atoms with van der Waals surface area (Å²) in [5, 5.41) is 36.0. The number of anilines is 1. The molecular formula is C41H42Cl2N8O20S4. The standard InChI is InChI=1S/C40H42Cl2N8O12S2.CO2.2O3S/c1-4-12-61-34-20-31(48-46-27-8-6-24(23-51)7-9-27)29(41)15-25(34)17-37-43-38(45-40(44-37)50(2)22-39(52)53)18-26-16-30(42)32(21-35(26)62-13-5-14-63(54,55)56)49-47-28-10-11-33(60-3)36(19-28)64(57,58)59;2-1-3;2*1-4(2)3/h6-11,15-16,19-21,51H,4-5,12-14,17-18,22-23H2,1-3H3,(H,52,53)(H,54,55,56)(H,57,58,59);;;. The largest absolute Gasteiger partial charge is 0.495 e. The highest BCUT2D eigenvalue weighted by Crippen LogP contribution is 2.38. The zero-order chi connectivity index (χ0) is 56.5. The van der Waals surface area contributed by atoms with E-state index < -0.39 is 64.6 Å². The number of azo groups is 2. The van der Waals surface area contributed by atoms with Gasteiger partial charge in [0.25, 0.3) is 20.2 Å². The van der Waals surface area contributed by atoms with Gasteiger partial charge in [-0.1, -0.05) is 42.3 Å². The van der Waals surface area contributed by atoms with Crippen LogP contribution in [0.5, 0.6) is 17.2 Å². The van der Waals surface area contributed by atoms with Crippen LogP contribution in [0.1, 0.15) is 48.1 Å². The third kappa shape index (κ3) is 24.1. The molecule has 34 heteroatoms. The number of methoxy groups -OCH3 is 1. The summed E-state index contributed by atoms with van der Waals surface area (Å²) in [6.45, 7) is 1.51. The van der Waals surface area contributed by atoms with Gasteiger partial charge in [0.1, 0.15) is 51.7 Å². The Morgan fingerprint density at radius 1 is 0.720 bits per heavy atom. The molecule has 0 saturated carbocycles. The molecule has 0 bridgehead atoms. The SMILES string of the molecule is CCCOc1cc(N=Nc2ccc(CO)cc2)c(Cl)cc1Cc1nc(Cc2cc(Cl)c(N=Nc3ccc(OC)c(S(=O)(=O)O)c3)cc2OCCCS(=O)(=O)O)nc(N(C)CC(=O)O)n1.O=C=O.O=S(=O)=O.O=S(=O)=O. The summed E-state index contributed by atoms with van der Waals surface area (Å²) in [6.07, 6.45) is 0.759. The summed E-state index contributed by atoms with van der Waals surface area (Å²) in [4.78, 5) is 42.6. The molecule has 4 N–H and O–H groups in total. The number of nitrogens with zero attached hydrogens (tertiary/aromatic N) is 8. The maximum atomic E-state index is 11.9. The van der Waals surface area contributed by atoms with E-state index in [2.05, 4.69) is 30.4 Å². The van der Waals surface area contributed by atoms with E-state index in [9.17, 15) is 40.9 Å². The van der Waals surface area contributed by atoms with Gasteiger partial charge in [0.2, 0.25) is 5.95 Å². The van der Waals surface area contributed by atoms with Crippen LogP contribution >= 0.6 is 23.2 Å². The van der Waals surface area contributed by atoms with Gasteiger partial charge in [0, 0.05) is 43.1 Å². The van der Waals surface area contributed by atoms with E-state index in [4.69, 9.17) is 77.2 Å². The van der Waals surface area contributed by atoms with Crippen LogP contribution in [0.4, 0.5) is 28.7 Å². The Bertz CT molecular complexity index is 3310. The number of carboxylic acid groups (broad SMARTS) is 1. The average Bonchev–Trinajstić information content (AvgIpc) is 3.31. The number of aliphatic hydroxyl groups excluding tert-OH is 1. The van der Waals surface area contributed by atoms with Crippen LogP contribution in [0.15, 0.2) is 92.1 Å². The van der Waals surface area contributed by atoms with Crippen LogP contribution in [0.3, 0.4) is 0 Å². The van der Waals surface area contributed by atoms with Gasteiger partial charge in [-0.25, -0.2) is 4.98 Å². The predicted octanol–water partition coefficient (Wildman–Crippen LogP) is 5.31. The monoisotopic (exact) mass is 1160 g/mol. The van der Waals surface area contributed by atoms with Crippen molar-refractivity contribution in [3.63, 3.8) is 0 Å². The molecule has 28 nitrogen and oxygen atoms in total. The lowest BCUT2D eigenvalue weighted by atomic mass is 10.1. The molecule has 0 amide bonds. The van der Waals surface area contributed by atoms with Crippen LogP contribution in [-0.4, -0.2) is 128 Å². The Labute approximate surface area is 439 Å². The molecule has 0 aliphatic heterocycles. The Kier molecular flexibility index (Phi) is 26.8. The molecule has 75 heavy (non-hydrogen) atoms. The summed E-state index contributed by atoms with van der Waals surface area (Å²) in [7, 11) is -12.5. The van der Waals surface area contributed by atoms with E-state index in [1.807, 2.05) is 6.92 Å². The number of halogens is 2. The van der Waals surface area contributed by atoms with Crippen molar-refractivity contribution in [3.8, 4) is 17.2 Å². The molecule has 0 aliphatic rings. The first-order valence-corrected chi connectivity index (χ1v) is 26.3. The number of aliphatic carboxylic acids is 1. The second kappa shape index (κ2) is 31.5. The van der Waals surface area contributed by atoms with Gasteiger partial charge in [0.15, 0.2) is 0 Å². The molecule has 0 spiro atoms. The maximum Gasteiger partial charge on any atom is 0.425 e. The van der Waals surface area contributed by atoms with Crippen molar-refractivity contribution in [2.45, 2.75) is 44.1 Å². The summed E-state index contributed by atoms with van der Waals surface area (Å²) >= 11 is 13.4. The molecule has 1 aromatic heterocycles. The number of hydrogen-bond acceptors (Lipinski definition) is 25. The third-order valence-corrected chi connectivity index (χ3v) is 11.0. The number of carboxylic acids is 1. The average molecular weight is 1170 g/mol. The molecule has 0 aliphatic carbocycles. The van der Waals surface area contributed by atoms with E-state index in [0.717, 1.165) is 6.07 Å². The van der Waals surface area contributed by atoms with E-state index in [0.29, 0.717) is 46.8 Å². The number of hydrogen-bond donors (Lipinski definition) is 4. The van der Waals surface area contributed by atoms with Gasteiger partial charge in [-0.2, -0.15) is 46.6 Å². The number of likely N-dealkylation sites (N-methyl/N-ethyl adjacent to an activating group) is 1. The van der Waals surface area contributed by atoms with Gasteiger partial charge in [0.05, 0.1) is 54.1 Å². The fourth-order valence-corrected chi connectivity index (χ4v) is 7.33. The number of benzene rings is 4. The number of rotatable bonds is 22. The van der Waals surface area contributed by atoms with E-state index in [-0.39, 0.29) is 89.1 Å². The number of carbonyl (C=O) groups excluding carboxylic acids is 2. The predicted molar refractivity (Wildman–Crippen MR) is 259 cm³/mol. The Morgan fingerprint density at radius 3 is 1.61 bits per heavy atom. The van der Waals surface area contributed by atoms with Crippen LogP contribution in [0.2, 0.25) is 10.0 Å². The highest BCUT2D eigenvalue weighted by Gasteiger charge is 2.21. The molecule has 5 rings (SSSR count). The lowest BCUT2D eigenvalue weighted by Crippen LogP contribution is -2.28. The fourth-order valence-electron chi connectivity index (χ4n) is 5.72. The quantitative estimate of drug-likeness (QED) is 0.0387. The summed E-state index contributed by atoms with van der Waals surface area (Å²) in [6, 6.07) is 16.7. The summed E-state index contributed by atoms with van der Waals surface area (Å²) in [5.74, 6) is -0.981. The highest BCUT2D eigenvalue weighted by molar-refractivity contribution is 7.86. The number of aliphatic hydroxyl groups is 1. The van der Waals surface area contributed by atoms with E-state index in [1.54, 1.807) is 36.4 Å². The van der Waals surface area contributed by atoms with Crippen molar-refractivity contribution in [1.29, 1.82) is 0 Å². The minimum absolute atomic E-state index is 0.00799. The second-order valence-corrected chi connectivity index (χ2v) is 18.8. The minimum Gasteiger partial charge on any atom is -0.495 e. The van der Waals surface area contributed by atoms with Crippen molar-refractivity contribution < 1.29 is 90.0 Å². The van der Waals surface area contributed by atoms with Crippen LogP contribution < -0.4 is 19.1 Å².